The first-order chi connectivity index (χ1) is 9.95. The zero-order valence-electron chi connectivity index (χ0n) is 12.2. The first-order valence-corrected chi connectivity index (χ1v) is 8.71. The van der Waals surface area contributed by atoms with E-state index in [1.54, 1.807) is 12.1 Å². The van der Waals surface area contributed by atoms with Crippen molar-refractivity contribution < 1.29 is 18.3 Å². The van der Waals surface area contributed by atoms with Crippen LogP contribution in [0.3, 0.4) is 0 Å². The van der Waals surface area contributed by atoms with Crippen molar-refractivity contribution in [3.05, 3.63) is 29.8 Å². The minimum atomic E-state index is -3.60. The maximum Gasteiger partial charge on any atom is 0.304 e. The summed E-state index contributed by atoms with van der Waals surface area (Å²) in [5.74, 6) is -0.978. The van der Waals surface area contributed by atoms with E-state index in [0.717, 1.165) is 31.2 Å². The molecular formula is C15H21NO4S. The number of aliphatic carboxylic acids is 1. The van der Waals surface area contributed by atoms with Crippen LogP contribution in [0, 0.1) is 0 Å². The summed E-state index contributed by atoms with van der Waals surface area (Å²) in [4.78, 5) is 11.0. The lowest BCUT2D eigenvalue weighted by atomic mass is 10.1. The summed E-state index contributed by atoms with van der Waals surface area (Å²) in [7, 11) is -3.60. The monoisotopic (exact) mass is 311 g/mol. The Balaban J connectivity index is 2.19. The molecule has 0 atom stereocenters. The third-order valence-electron chi connectivity index (χ3n) is 3.57. The molecule has 0 saturated heterocycles. The number of sulfonamides is 1. The van der Waals surface area contributed by atoms with E-state index in [1.807, 2.05) is 12.1 Å². The normalized spacial score (nSPS) is 15.3. The molecule has 6 heteroatoms. The van der Waals surface area contributed by atoms with Gasteiger partial charge in [-0.1, -0.05) is 25.5 Å². The molecule has 1 fully saturated rings. The summed E-state index contributed by atoms with van der Waals surface area (Å²) in [6, 6.07) is 6.87. The Hall–Kier alpha value is -1.40. The van der Waals surface area contributed by atoms with Crippen molar-refractivity contribution in [2.24, 2.45) is 0 Å². The van der Waals surface area contributed by atoms with Gasteiger partial charge in [0.05, 0.1) is 11.3 Å². The fourth-order valence-electron chi connectivity index (χ4n) is 2.32. The number of rotatable bonds is 8. The van der Waals surface area contributed by atoms with Gasteiger partial charge >= 0.3 is 5.97 Å². The molecule has 0 bridgehead atoms. The average molecular weight is 311 g/mol. The molecule has 1 aromatic rings. The highest BCUT2D eigenvalue weighted by molar-refractivity contribution is 7.89. The van der Waals surface area contributed by atoms with Gasteiger partial charge in [-0.2, -0.15) is 4.31 Å². The van der Waals surface area contributed by atoms with Gasteiger partial charge in [-0.3, -0.25) is 4.79 Å². The number of aryl methyl sites for hydroxylation is 1. The van der Waals surface area contributed by atoms with Crippen LogP contribution in [0.1, 0.15) is 38.2 Å². The van der Waals surface area contributed by atoms with Crippen LogP contribution in [-0.2, 0) is 21.2 Å². The van der Waals surface area contributed by atoms with Crippen molar-refractivity contribution in [3.8, 4) is 0 Å². The van der Waals surface area contributed by atoms with E-state index in [4.69, 9.17) is 5.11 Å². The van der Waals surface area contributed by atoms with Gasteiger partial charge in [0, 0.05) is 12.6 Å². The van der Waals surface area contributed by atoms with Crippen molar-refractivity contribution in [3.63, 3.8) is 0 Å². The number of hydrogen-bond donors (Lipinski definition) is 1. The zero-order chi connectivity index (χ0) is 15.5. The molecule has 1 aromatic carbocycles. The van der Waals surface area contributed by atoms with E-state index in [2.05, 4.69) is 6.92 Å². The Morgan fingerprint density at radius 3 is 2.38 bits per heavy atom. The van der Waals surface area contributed by atoms with Gasteiger partial charge in [0.15, 0.2) is 0 Å². The van der Waals surface area contributed by atoms with Crippen LogP contribution in [-0.4, -0.2) is 36.4 Å². The van der Waals surface area contributed by atoms with Gasteiger partial charge in [-0.25, -0.2) is 8.42 Å². The zero-order valence-corrected chi connectivity index (χ0v) is 13.0. The lowest BCUT2D eigenvalue weighted by molar-refractivity contribution is -0.137. The van der Waals surface area contributed by atoms with Gasteiger partial charge in [0.1, 0.15) is 0 Å². The minimum Gasteiger partial charge on any atom is -0.481 e. The Morgan fingerprint density at radius 1 is 1.29 bits per heavy atom. The number of benzene rings is 1. The standard InChI is InChI=1S/C15H21NO4S/c1-2-3-12-4-8-14(9-5-12)21(19,20)16(13-6-7-13)11-10-15(17)18/h4-5,8-9,13H,2-3,6-7,10-11H2,1H3,(H,17,18). The SMILES string of the molecule is CCCc1ccc(S(=O)(=O)N(CCC(=O)O)C2CC2)cc1. The second-order valence-corrected chi connectivity index (χ2v) is 7.28. The van der Waals surface area contributed by atoms with Crippen LogP contribution >= 0.6 is 0 Å². The highest BCUT2D eigenvalue weighted by Crippen LogP contribution is 2.32. The maximum absolute atomic E-state index is 12.6. The molecule has 1 aliphatic carbocycles. The molecule has 2 rings (SSSR count). The second kappa shape index (κ2) is 6.58. The molecule has 116 valence electrons. The van der Waals surface area contributed by atoms with E-state index in [9.17, 15) is 13.2 Å². The van der Waals surface area contributed by atoms with Gasteiger partial charge in [-0.15, -0.1) is 0 Å². The smallest absolute Gasteiger partial charge is 0.304 e. The quantitative estimate of drug-likeness (QED) is 0.799. The first-order valence-electron chi connectivity index (χ1n) is 7.27. The molecular weight excluding hydrogens is 290 g/mol. The van der Waals surface area contributed by atoms with Crippen molar-refractivity contribution in [1.82, 2.24) is 4.31 Å². The Kier molecular flexibility index (Phi) is 5.00. The Labute approximate surface area is 125 Å². The van der Waals surface area contributed by atoms with Crippen LogP contribution in [0.25, 0.3) is 0 Å². The van der Waals surface area contributed by atoms with E-state index < -0.39 is 16.0 Å². The van der Waals surface area contributed by atoms with Crippen LogP contribution in [0.15, 0.2) is 29.2 Å². The van der Waals surface area contributed by atoms with E-state index in [1.165, 1.54) is 4.31 Å². The van der Waals surface area contributed by atoms with Crippen LogP contribution in [0.2, 0.25) is 0 Å². The minimum absolute atomic E-state index is 0.0373. The van der Waals surface area contributed by atoms with Crippen molar-refractivity contribution in [1.29, 1.82) is 0 Å². The van der Waals surface area contributed by atoms with Crippen molar-refractivity contribution in [2.45, 2.75) is 50.0 Å². The molecule has 21 heavy (non-hydrogen) atoms. The summed E-state index contributed by atoms with van der Waals surface area (Å²) in [6.45, 7) is 2.12. The van der Waals surface area contributed by atoms with Crippen LogP contribution in [0.5, 0.6) is 0 Å². The summed E-state index contributed by atoms with van der Waals surface area (Å²) >= 11 is 0. The van der Waals surface area contributed by atoms with Crippen molar-refractivity contribution in [2.75, 3.05) is 6.54 Å². The van der Waals surface area contributed by atoms with Gasteiger partial charge in [-0.05, 0) is 37.0 Å². The fourth-order valence-corrected chi connectivity index (χ4v) is 4.01. The van der Waals surface area contributed by atoms with Gasteiger partial charge in [0.25, 0.3) is 0 Å². The van der Waals surface area contributed by atoms with E-state index in [0.29, 0.717) is 0 Å². The molecule has 0 amide bonds. The van der Waals surface area contributed by atoms with Gasteiger partial charge in [0.2, 0.25) is 10.0 Å². The third kappa shape index (κ3) is 4.04. The summed E-state index contributed by atoms with van der Waals surface area (Å²) in [5.41, 5.74) is 1.11. The van der Waals surface area contributed by atoms with E-state index in [-0.39, 0.29) is 23.9 Å². The Morgan fingerprint density at radius 2 is 1.90 bits per heavy atom. The molecule has 1 saturated carbocycles. The third-order valence-corrected chi connectivity index (χ3v) is 5.53. The average Bonchev–Trinajstić information content (AvgIpc) is 3.24. The highest BCUT2D eigenvalue weighted by atomic mass is 32.2. The fraction of sp³-hybridized carbons (Fsp3) is 0.533. The molecule has 0 aromatic heterocycles. The van der Waals surface area contributed by atoms with Crippen LogP contribution < -0.4 is 0 Å². The molecule has 0 heterocycles. The molecule has 1 aliphatic rings. The maximum atomic E-state index is 12.6. The molecule has 0 unspecified atom stereocenters. The highest BCUT2D eigenvalue weighted by Gasteiger charge is 2.38. The number of carboxylic acids is 1. The predicted molar refractivity (Wildman–Crippen MR) is 79.6 cm³/mol. The second-order valence-electron chi connectivity index (χ2n) is 5.38. The lowest BCUT2D eigenvalue weighted by Crippen LogP contribution is -2.35. The number of carboxylic acid groups (broad SMARTS) is 1. The van der Waals surface area contributed by atoms with Gasteiger partial charge < -0.3 is 5.11 Å². The van der Waals surface area contributed by atoms with E-state index >= 15 is 0 Å². The molecule has 0 aliphatic heterocycles. The number of carbonyl (C=O) groups is 1. The summed E-state index contributed by atoms with van der Waals surface area (Å²) in [6.07, 6.45) is 3.40. The number of nitrogens with zero attached hydrogens (tertiary/aromatic N) is 1. The molecule has 0 spiro atoms. The van der Waals surface area contributed by atoms with Crippen LogP contribution in [0.4, 0.5) is 0 Å². The summed E-state index contributed by atoms with van der Waals surface area (Å²) in [5, 5.41) is 8.77. The molecule has 0 radical (unpaired) electrons. The Bertz CT molecular complexity index is 591. The largest absolute Gasteiger partial charge is 0.481 e. The predicted octanol–water partition coefficient (Wildman–Crippen LogP) is 2.27. The van der Waals surface area contributed by atoms with Crippen molar-refractivity contribution >= 4 is 16.0 Å². The molecule has 1 N–H and O–H groups in total. The molecule has 5 nitrogen and oxygen atoms in total. The summed E-state index contributed by atoms with van der Waals surface area (Å²) < 4.78 is 26.6. The first kappa shape index (κ1) is 16.0. The topological polar surface area (TPSA) is 74.7 Å². The number of hydrogen-bond acceptors (Lipinski definition) is 3. The lowest BCUT2D eigenvalue weighted by Gasteiger charge is -2.21.